The molecule has 0 unspecified atom stereocenters. The fraction of sp³-hybridized carbons (Fsp3) is 0.263. The van der Waals surface area contributed by atoms with Gasteiger partial charge in [0.1, 0.15) is 11.9 Å². The summed E-state index contributed by atoms with van der Waals surface area (Å²) in [6.45, 7) is -0.109. The van der Waals surface area contributed by atoms with Crippen LogP contribution in [0.4, 0.5) is 16.3 Å². The second-order valence-electron chi connectivity index (χ2n) is 5.59. The zero-order valence-electron chi connectivity index (χ0n) is 14.9. The highest BCUT2D eigenvalue weighted by Gasteiger charge is 2.16. The van der Waals surface area contributed by atoms with E-state index in [0.29, 0.717) is 23.5 Å². The molecule has 1 aromatic heterocycles. The minimum absolute atomic E-state index is 0.101. The van der Waals surface area contributed by atoms with Gasteiger partial charge in [-0.1, -0.05) is 12.1 Å². The number of methoxy groups -OCH3 is 1. The lowest BCUT2D eigenvalue weighted by molar-refractivity contribution is -0.140. The van der Waals surface area contributed by atoms with E-state index in [4.69, 9.17) is 5.26 Å². The van der Waals surface area contributed by atoms with Crippen molar-refractivity contribution in [3.8, 4) is 6.07 Å². The van der Waals surface area contributed by atoms with Crippen LogP contribution >= 0.6 is 0 Å². The average molecular weight is 368 g/mol. The molecule has 0 saturated carbocycles. The maximum absolute atomic E-state index is 12.5. The number of nitrogens with zero attached hydrogens (tertiary/aromatic N) is 3. The molecular weight excluding hydrogens is 348 g/mol. The normalized spacial score (nSPS) is 9.96. The monoisotopic (exact) mass is 368 g/mol. The maximum Gasteiger partial charge on any atom is 0.327 e. The summed E-state index contributed by atoms with van der Waals surface area (Å²) in [7, 11) is 1.35. The SMILES string of the molecule is COC(=O)CCc1ccc(N(CCO)C(=O)Nc2ccc(C#N)cn2)cc1. The van der Waals surface area contributed by atoms with Gasteiger partial charge in [-0.3, -0.25) is 15.0 Å². The van der Waals surface area contributed by atoms with Crippen molar-refractivity contribution in [2.45, 2.75) is 12.8 Å². The van der Waals surface area contributed by atoms with Gasteiger partial charge < -0.3 is 9.84 Å². The topological polar surface area (TPSA) is 116 Å². The summed E-state index contributed by atoms with van der Waals surface area (Å²) >= 11 is 0. The first-order valence-corrected chi connectivity index (χ1v) is 8.28. The number of rotatable bonds is 7. The molecule has 0 radical (unpaired) electrons. The summed E-state index contributed by atoms with van der Waals surface area (Å²) in [4.78, 5) is 29.1. The van der Waals surface area contributed by atoms with Crippen LogP contribution in [0.2, 0.25) is 0 Å². The van der Waals surface area contributed by atoms with Crippen molar-refractivity contribution in [3.05, 3.63) is 53.7 Å². The highest BCUT2D eigenvalue weighted by Crippen LogP contribution is 2.18. The summed E-state index contributed by atoms with van der Waals surface area (Å²) in [5.41, 5.74) is 1.92. The number of carbonyl (C=O) groups excluding carboxylic acids is 2. The number of amides is 2. The number of urea groups is 1. The zero-order valence-corrected chi connectivity index (χ0v) is 14.9. The number of carbonyl (C=O) groups is 2. The molecule has 0 atom stereocenters. The van der Waals surface area contributed by atoms with Crippen LogP contribution in [0.5, 0.6) is 0 Å². The molecule has 27 heavy (non-hydrogen) atoms. The van der Waals surface area contributed by atoms with Gasteiger partial charge in [0.2, 0.25) is 0 Å². The fourth-order valence-electron chi connectivity index (χ4n) is 2.35. The Morgan fingerprint density at radius 3 is 2.56 bits per heavy atom. The van der Waals surface area contributed by atoms with Crippen molar-refractivity contribution in [2.24, 2.45) is 0 Å². The fourth-order valence-corrected chi connectivity index (χ4v) is 2.35. The van der Waals surface area contributed by atoms with Crippen LogP contribution in [0, 0.1) is 11.3 Å². The van der Waals surface area contributed by atoms with Crippen molar-refractivity contribution >= 4 is 23.5 Å². The Hall–Kier alpha value is -3.44. The first-order chi connectivity index (χ1) is 13.1. The van der Waals surface area contributed by atoms with E-state index in [-0.39, 0.29) is 25.5 Å². The number of nitrogens with one attached hydrogen (secondary N) is 1. The van der Waals surface area contributed by atoms with Crippen molar-refractivity contribution in [2.75, 3.05) is 30.5 Å². The molecule has 0 aliphatic heterocycles. The van der Waals surface area contributed by atoms with Crippen LogP contribution in [-0.2, 0) is 16.0 Å². The summed E-state index contributed by atoms with van der Waals surface area (Å²) in [6, 6.07) is 11.7. The van der Waals surface area contributed by atoms with Crippen LogP contribution in [-0.4, -0.2) is 42.4 Å². The van der Waals surface area contributed by atoms with Crippen LogP contribution in [0.3, 0.4) is 0 Å². The zero-order chi connectivity index (χ0) is 19.6. The van der Waals surface area contributed by atoms with Gasteiger partial charge in [0.15, 0.2) is 0 Å². The average Bonchev–Trinajstić information content (AvgIpc) is 2.71. The van der Waals surface area contributed by atoms with Crippen LogP contribution < -0.4 is 10.2 Å². The number of hydrogen-bond donors (Lipinski definition) is 2. The lowest BCUT2D eigenvalue weighted by Crippen LogP contribution is -2.37. The van der Waals surface area contributed by atoms with Crippen molar-refractivity contribution in [1.82, 2.24) is 4.98 Å². The second-order valence-corrected chi connectivity index (χ2v) is 5.59. The Balaban J connectivity index is 2.07. The number of anilines is 2. The Morgan fingerprint density at radius 1 is 1.26 bits per heavy atom. The lowest BCUT2D eigenvalue weighted by atomic mass is 10.1. The van der Waals surface area contributed by atoms with Gasteiger partial charge in [-0.2, -0.15) is 5.26 Å². The molecule has 140 valence electrons. The second kappa shape index (κ2) is 9.89. The van der Waals surface area contributed by atoms with Crippen molar-refractivity contribution < 1.29 is 19.4 Å². The number of nitriles is 1. The summed E-state index contributed by atoms with van der Waals surface area (Å²) in [6.07, 6.45) is 2.18. The number of hydrogen-bond acceptors (Lipinski definition) is 6. The van der Waals surface area contributed by atoms with E-state index in [9.17, 15) is 14.7 Å². The minimum atomic E-state index is -0.455. The third-order valence-corrected chi connectivity index (χ3v) is 3.79. The Kier molecular flexibility index (Phi) is 7.28. The Bertz CT molecular complexity index is 813. The van der Waals surface area contributed by atoms with E-state index in [1.54, 1.807) is 18.2 Å². The molecule has 8 nitrogen and oxygen atoms in total. The summed E-state index contributed by atoms with van der Waals surface area (Å²) < 4.78 is 4.62. The third kappa shape index (κ3) is 5.80. The first kappa shape index (κ1) is 19.9. The van der Waals surface area contributed by atoms with Crippen LogP contribution in [0.25, 0.3) is 0 Å². The van der Waals surface area contributed by atoms with Gasteiger partial charge in [-0.15, -0.1) is 0 Å². The standard InChI is InChI=1S/C19H20N4O4/c1-27-18(25)9-5-14-2-6-16(7-3-14)23(10-11-24)19(26)22-17-8-4-15(12-20)13-21-17/h2-4,6-8,13,24H,5,9-11H2,1H3,(H,21,22,26). The number of ether oxygens (including phenoxy) is 1. The maximum atomic E-state index is 12.5. The summed E-state index contributed by atoms with van der Waals surface area (Å²) in [5, 5.41) is 20.7. The molecule has 0 aliphatic rings. The van der Waals surface area contributed by atoms with Crippen molar-refractivity contribution in [1.29, 1.82) is 5.26 Å². The van der Waals surface area contributed by atoms with E-state index in [0.717, 1.165) is 5.56 Å². The van der Waals surface area contributed by atoms with E-state index in [1.165, 1.54) is 24.3 Å². The number of aryl methyl sites for hydroxylation is 1. The molecule has 2 rings (SSSR count). The van der Waals surface area contributed by atoms with Gasteiger partial charge in [0.05, 0.1) is 25.8 Å². The van der Waals surface area contributed by atoms with Gasteiger partial charge >= 0.3 is 12.0 Å². The van der Waals surface area contributed by atoms with Crippen LogP contribution in [0.1, 0.15) is 17.5 Å². The van der Waals surface area contributed by atoms with Gasteiger partial charge in [0, 0.05) is 18.3 Å². The van der Waals surface area contributed by atoms with Gasteiger partial charge in [0.25, 0.3) is 0 Å². The van der Waals surface area contributed by atoms with E-state index in [1.807, 2.05) is 18.2 Å². The quantitative estimate of drug-likeness (QED) is 0.723. The number of benzene rings is 1. The number of aliphatic hydroxyl groups is 1. The van der Waals surface area contributed by atoms with Gasteiger partial charge in [-0.25, -0.2) is 9.78 Å². The number of esters is 1. The predicted octanol–water partition coefficient (Wildman–Crippen LogP) is 2.09. The third-order valence-electron chi connectivity index (χ3n) is 3.79. The molecule has 0 saturated heterocycles. The van der Waals surface area contributed by atoms with Crippen LogP contribution in [0.15, 0.2) is 42.6 Å². The molecule has 0 aliphatic carbocycles. The van der Waals surface area contributed by atoms with E-state index < -0.39 is 6.03 Å². The minimum Gasteiger partial charge on any atom is -0.469 e. The molecular formula is C19H20N4O4. The predicted molar refractivity (Wildman–Crippen MR) is 99.2 cm³/mol. The first-order valence-electron chi connectivity index (χ1n) is 8.28. The number of pyridine rings is 1. The summed E-state index contributed by atoms with van der Waals surface area (Å²) in [5.74, 6) is 0.0203. The molecule has 1 aromatic carbocycles. The lowest BCUT2D eigenvalue weighted by Gasteiger charge is -2.22. The van der Waals surface area contributed by atoms with Crippen molar-refractivity contribution in [3.63, 3.8) is 0 Å². The number of aliphatic hydroxyl groups excluding tert-OH is 1. The van der Waals surface area contributed by atoms with E-state index in [2.05, 4.69) is 15.0 Å². The Labute approximate surface area is 157 Å². The van der Waals surface area contributed by atoms with Gasteiger partial charge in [-0.05, 0) is 36.2 Å². The molecule has 0 fully saturated rings. The van der Waals surface area contributed by atoms with E-state index >= 15 is 0 Å². The largest absolute Gasteiger partial charge is 0.469 e. The molecule has 2 aromatic rings. The highest BCUT2D eigenvalue weighted by molar-refractivity contribution is 6.01. The molecule has 0 bridgehead atoms. The number of aromatic nitrogens is 1. The highest BCUT2D eigenvalue weighted by atomic mass is 16.5. The smallest absolute Gasteiger partial charge is 0.327 e. The molecule has 2 amide bonds. The molecule has 1 heterocycles. The molecule has 2 N–H and O–H groups in total. The molecule has 8 heteroatoms. The Morgan fingerprint density at radius 2 is 2.00 bits per heavy atom. The molecule has 0 spiro atoms.